The van der Waals surface area contributed by atoms with E-state index in [4.69, 9.17) is 10.5 Å². The van der Waals surface area contributed by atoms with Gasteiger partial charge in [0, 0.05) is 29.9 Å². The minimum absolute atomic E-state index is 0. The summed E-state index contributed by atoms with van der Waals surface area (Å²) < 4.78 is 33.2. The fraction of sp³-hybridized carbons (Fsp3) is 0.412. The summed E-state index contributed by atoms with van der Waals surface area (Å²) in [6.07, 6.45) is 1.67. The maximum Gasteiger partial charge on any atom is 0.243 e. The van der Waals surface area contributed by atoms with E-state index in [0.717, 1.165) is 18.2 Å². The van der Waals surface area contributed by atoms with Crippen LogP contribution in [-0.2, 0) is 10.0 Å². The second kappa shape index (κ2) is 7.70. The molecule has 0 aliphatic carbocycles. The molecule has 0 spiro atoms. The van der Waals surface area contributed by atoms with Crippen molar-refractivity contribution in [3.8, 4) is 5.75 Å². The van der Waals surface area contributed by atoms with E-state index in [1.807, 2.05) is 31.2 Å². The summed E-state index contributed by atoms with van der Waals surface area (Å²) in [4.78, 5) is 0.325. The van der Waals surface area contributed by atoms with Crippen molar-refractivity contribution in [3.63, 3.8) is 0 Å². The summed E-state index contributed by atoms with van der Waals surface area (Å²) in [5.41, 5.74) is 5.95. The minimum Gasteiger partial charge on any atom is -0.493 e. The van der Waals surface area contributed by atoms with Crippen LogP contribution in [0.5, 0.6) is 5.75 Å². The number of rotatable bonds is 4. The largest absolute Gasteiger partial charge is 0.493 e. The first kappa shape index (κ1) is 19.0. The van der Waals surface area contributed by atoms with Crippen molar-refractivity contribution in [3.05, 3.63) is 36.4 Å². The van der Waals surface area contributed by atoms with Crippen molar-refractivity contribution >= 4 is 33.2 Å². The van der Waals surface area contributed by atoms with E-state index in [1.165, 1.54) is 4.31 Å². The number of benzene rings is 2. The number of piperidine rings is 1. The zero-order chi connectivity index (χ0) is 16.4. The van der Waals surface area contributed by atoms with E-state index in [1.54, 1.807) is 12.1 Å². The molecule has 1 aliphatic heterocycles. The smallest absolute Gasteiger partial charge is 0.243 e. The first-order chi connectivity index (χ1) is 11.0. The van der Waals surface area contributed by atoms with Crippen molar-refractivity contribution < 1.29 is 13.2 Å². The molecule has 1 atom stereocenters. The Labute approximate surface area is 149 Å². The quantitative estimate of drug-likeness (QED) is 0.898. The van der Waals surface area contributed by atoms with Gasteiger partial charge in [-0.05, 0) is 31.9 Å². The molecule has 2 N–H and O–H groups in total. The highest BCUT2D eigenvalue weighted by molar-refractivity contribution is 7.89. The molecule has 7 heteroatoms. The summed E-state index contributed by atoms with van der Waals surface area (Å²) in [6.45, 7) is 3.35. The van der Waals surface area contributed by atoms with Crippen molar-refractivity contribution in [2.75, 3.05) is 19.7 Å². The molecule has 24 heavy (non-hydrogen) atoms. The lowest BCUT2D eigenvalue weighted by Crippen LogP contribution is -2.45. The molecule has 3 rings (SSSR count). The van der Waals surface area contributed by atoms with Gasteiger partial charge in [-0.25, -0.2) is 8.42 Å². The molecule has 5 nitrogen and oxygen atoms in total. The van der Waals surface area contributed by atoms with Gasteiger partial charge in [-0.15, -0.1) is 12.4 Å². The third-order valence-corrected chi connectivity index (χ3v) is 6.11. The van der Waals surface area contributed by atoms with Crippen LogP contribution in [0.15, 0.2) is 41.3 Å². The monoisotopic (exact) mass is 370 g/mol. The summed E-state index contributed by atoms with van der Waals surface area (Å²) in [5.74, 6) is 0.706. The molecule has 1 unspecified atom stereocenters. The number of nitrogens with zero attached hydrogens (tertiary/aromatic N) is 1. The Hall–Kier alpha value is -1.34. The van der Waals surface area contributed by atoms with Crippen LogP contribution < -0.4 is 10.5 Å². The maximum absolute atomic E-state index is 13.0. The highest BCUT2D eigenvalue weighted by Gasteiger charge is 2.30. The molecular formula is C17H23ClN2O3S. The summed E-state index contributed by atoms with van der Waals surface area (Å²) in [7, 11) is -3.56. The Balaban J connectivity index is 0.00000208. The van der Waals surface area contributed by atoms with E-state index < -0.39 is 10.0 Å². The van der Waals surface area contributed by atoms with Gasteiger partial charge in [-0.3, -0.25) is 0 Å². The van der Waals surface area contributed by atoms with Crippen LogP contribution in [0, 0.1) is 0 Å². The van der Waals surface area contributed by atoms with E-state index in [9.17, 15) is 8.42 Å². The first-order valence-electron chi connectivity index (χ1n) is 7.94. The predicted octanol–water partition coefficient (Wildman–Crippen LogP) is 2.77. The Morgan fingerprint density at radius 2 is 1.92 bits per heavy atom. The SMILES string of the molecule is CCOc1ccc(S(=O)(=O)N2CCCC(N)C2)c2ccccc12.Cl. The second-order valence-electron chi connectivity index (χ2n) is 5.81. The molecular weight excluding hydrogens is 348 g/mol. The molecule has 0 bridgehead atoms. The number of halogens is 1. The summed E-state index contributed by atoms with van der Waals surface area (Å²) in [6, 6.07) is 10.7. The molecule has 1 fully saturated rings. The van der Waals surface area contributed by atoms with Crippen molar-refractivity contribution in [2.45, 2.75) is 30.7 Å². The lowest BCUT2D eigenvalue weighted by atomic mass is 10.1. The van der Waals surface area contributed by atoms with Gasteiger partial charge in [-0.1, -0.05) is 24.3 Å². The maximum atomic E-state index is 13.0. The number of fused-ring (bicyclic) bond motifs is 1. The van der Waals surface area contributed by atoms with Gasteiger partial charge in [0.15, 0.2) is 0 Å². The van der Waals surface area contributed by atoms with Crippen LogP contribution in [-0.4, -0.2) is 38.5 Å². The van der Waals surface area contributed by atoms with Crippen LogP contribution in [0.1, 0.15) is 19.8 Å². The number of nitrogens with two attached hydrogens (primary N) is 1. The molecule has 0 radical (unpaired) electrons. The van der Waals surface area contributed by atoms with Gasteiger partial charge in [0.1, 0.15) is 5.75 Å². The summed E-state index contributed by atoms with van der Waals surface area (Å²) in [5, 5.41) is 1.51. The average molecular weight is 371 g/mol. The van der Waals surface area contributed by atoms with Gasteiger partial charge in [0.05, 0.1) is 11.5 Å². The molecule has 0 saturated carbocycles. The topological polar surface area (TPSA) is 72.6 Å². The predicted molar refractivity (Wildman–Crippen MR) is 98.3 cm³/mol. The fourth-order valence-corrected chi connectivity index (χ4v) is 4.81. The molecule has 2 aromatic rings. The molecule has 1 heterocycles. The molecule has 132 valence electrons. The van der Waals surface area contributed by atoms with Crippen LogP contribution in [0.25, 0.3) is 10.8 Å². The highest BCUT2D eigenvalue weighted by Crippen LogP contribution is 2.33. The minimum atomic E-state index is -3.56. The van der Waals surface area contributed by atoms with Crippen molar-refractivity contribution in [2.24, 2.45) is 5.73 Å². The van der Waals surface area contributed by atoms with Crippen molar-refractivity contribution in [1.29, 1.82) is 0 Å². The average Bonchev–Trinajstić information content (AvgIpc) is 2.55. The molecule has 2 aromatic carbocycles. The highest BCUT2D eigenvalue weighted by atomic mass is 35.5. The van der Waals surface area contributed by atoms with Gasteiger partial charge in [-0.2, -0.15) is 4.31 Å². The van der Waals surface area contributed by atoms with Gasteiger partial charge < -0.3 is 10.5 Å². The summed E-state index contributed by atoms with van der Waals surface area (Å²) >= 11 is 0. The molecule has 0 aromatic heterocycles. The lowest BCUT2D eigenvalue weighted by molar-refractivity contribution is 0.316. The standard InChI is InChI=1S/C17H22N2O3S.ClH/c1-2-22-16-9-10-17(15-8-4-3-7-14(15)16)23(20,21)19-11-5-6-13(18)12-19;/h3-4,7-10,13H,2,5-6,11-12,18H2,1H3;1H. The van der Waals surface area contributed by atoms with E-state index in [2.05, 4.69) is 0 Å². The van der Waals surface area contributed by atoms with Gasteiger partial charge in [0.25, 0.3) is 0 Å². The number of sulfonamides is 1. The Morgan fingerprint density at radius 3 is 2.58 bits per heavy atom. The van der Waals surface area contributed by atoms with Gasteiger partial charge in [0.2, 0.25) is 10.0 Å². The van der Waals surface area contributed by atoms with E-state index in [-0.39, 0.29) is 18.4 Å². The Morgan fingerprint density at radius 1 is 1.21 bits per heavy atom. The van der Waals surface area contributed by atoms with E-state index >= 15 is 0 Å². The molecule has 1 saturated heterocycles. The Bertz CT molecular complexity index is 811. The number of hydrogen-bond acceptors (Lipinski definition) is 4. The number of ether oxygens (including phenoxy) is 1. The third kappa shape index (κ3) is 3.52. The molecule has 0 amide bonds. The zero-order valence-electron chi connectivity index (χ0n) is 13.6. The van der Waals surface area contributed by atoms with Gasteiger partial charge >= 0.3 is 0 Å². The van der Waals surface area contributed by atoms with Crippen LogP contribution in [0.4, 0.5) is 0 Å². The fourth-order valence-electron chi connectivity index (χ4n) is 3.08. The van der Waals surface area contributed by atoms with Crippen LogP contribution in [0.2, 0.25) is 0 Å². The van der Waals surface area contributed by atoms with E-state index in [0.29, 0.717) is 35.7 Å². The van der Waals surface area contributed by atoms with Crippen molar-refractivity contribution in [1.82, 2.24) is 4.31 Å². The zero-order valence-corrected chi connectivity index (χ0v) is 15.3. The van der Waals surface area contributed by atoms with Crippen LogP contribution in [0.3, 0.4) is 0 Å². The normalized spacial score (nSPS) is 19.0. The third-order valence-electron chi connectivity index (χ3n) is 4.18. The second-order valence-corrected chi connectivity index (χ2v) is 7.71. The van der Waals surface area contributed by atoms with Crippen LogP contribution >= 0.6 is 12.4 Å². The number of hydrogen-bond donors (Lipinski definition) is 1. The lowest BCUT2D eigenvalue weighted by Gasteiger charge is -2.30. The molecule has 1 aliphatic rings. The Kier molecular flexibility index (Phi) is 6.09. The first-order valence-corrected chi connectivity index (χ1v) is 9.38.